The second kappa shape index (κ2) is 8.61. The third-order valence-corrected chi connectivity index (χ3v) is 7.76. The van der Waals surface area contributed by atoms with E-state index in [0.29, 0.717) is 23.1 Å². The van der Waals surface area contributed by atoms with Crippen molar-refractivity contribution >= 4 is 44.9 Å². The van der Waals surface area contributed by atoms with E-state index in [1.165, 1.54) is 28.6 Å². The summed E-state index contributed by atoms with van der Waals surface area (Å²) >= 11 is 9.18. The molecule has 0 spiro atoms. The van der Waals surface area contributed by atoms with Crippen LogP contribution in [0.5, 0.6) is 0 Å². The van der Waals surface area contributed by atoms with Crippen molar-refractivity contribution in [2.75, 3.05) is 0 Å². The van der Waals surface area contributed by atoms with Gasteiger partial charge in [0, 0.05) is 22.0 Å². The summed E-state index contributed by atoms with van der Waals surface area (Å²) in [5.41, 5.74) is 2.11. The fraction of sp³-hybridized carbons (Fsp3) is 0.273. The standard InChI is InChI=1S/C22H20ClN5OS2/c1-2-11-28-19(13-7-9-14(23)10-8-13)26-27-22(28)30-12-17-24-20(29)18-15-5-3-4-6-16(15)31-21(18)25-17/h2,7-10H,1,3-6,11-12H2,(H,24,25,29). The Bertz CT molecular complexity index is 1320. The Morgan fingerprint density at radius 2 is 2.03 bits per heavy atom. The van der Waals surface area contributed by atoms with Crippen LogP contribution in [0.15, 0.2) is 46.9 Å². The number of benzene rings is 1. The molecule has 1 aliphatic rings. The molecule has 158 valence electrons. The van der Waals surface area contributed by atoms with Gasteiger partial charge in [0.2, 0.25) is 0 Å². The van der Waals surface area contributed by atoms with Crippen molar-refractivity contribution in [3.05, 3.63) is 68.6 Å². The molecule has 9 heteroatoms. The van der Waals surface area contributed by atoms with Crippen LogP contribution in [0.25, 0.3) is 21.6 Å². The second-order valence-electron chi connectivity index (χ2n) is 7.40. The van der Waals surface area contributed by atoms with Crippen molar-refractivity contribution in [3.63, 3.8) is 0 Å². The van der Waals surface area contributed by atoms with Crippen molar-refractivity contribution in [3.8, 4) is 11.4 Å². The van der Waals surface area contributed by atoms with Crippen LogP contribution in [-0.4, -0.2) is 24.7 Å². The minimum atomic E-state index is -0.0330. The van der Waals surface area contributed by atoms with Gasteiger partial charge in [0.15, 0.2) is 11.0 Å². The number of halogens is 1. The van der Waals surface area contributed by atoms with Gasteiger partial charge in [-0.3, -0.25) is 9.36 Å². The van der Waals surface area contributed by atoms with Gasteiger partial charge in [-0.2, -0.15) is 0 Å². The highest BCUT2D eigenvalue weighted by Crippen LogP contribution is 2.34. The first-order valence-corrected chi connectivity index (χ1v) is 12.3. The Labute approximate surface area is 192 Å². The Kier molecular flexibility index (Phi) is 5.69. The number of fused-ring (bicyclic) bond motifs is 3. The predicted molar refractivity (Wildman–Crippen MR) is 127 cm³/mol. The predicted octanol–water partition coefficient (Wildman–Crippen LogP) is 5.25. The molecule has 0 fully saturated rings. The van der Waals surface area contributed by atoms with E-state index in [2.05, 4.69) is 21.8 Å². The number of hydrogen-bond donors (Lipinski definition) is 1. The van der Waals surface area contributed by atoms with Crippen LogP contribution in [-0.2, 0) is 25.1 Å². The molecular weight excluding hydrogens is 450 g/mol. The summed E-state index contributed by atoms with van der Waals surface area (Å²) in [5, 5.41) is 10.9. The number of aromatic amines is 1. The summed E-state index contributed by atoms with van der Waals surface area (Å²) in [6.07, 6.45) is 6.18. The van der Waals surface area contributed by atoms with Gasteiger partial charge in [-0.1, -0.05) is 29.4 Å². The van der Waals surface area contributed by atoms with Crippen LogP contribution in [0.4, 0.5) is 0 Å². The first-order valence-electron chi connectivity index (χ1n) is 10.1. The highest BCUT2D eigenvalue weighted by molar-refractivity contribution is 7.98. The van der Waals surface area contributed by atoms with Crippen molar-refractivity contribution in [1.82, 2.24) is 24.7 Å². The molecule has 0 atom stereocenters. The zero-order valence-electron chi connectivity index (χ0n) is 16.7. The molecule has 0 amide bonds. The maximum Gasteiger partial charge on any atom is 0.259 e. The first-order chi connectivity index (χ1) is 15.1. The molecule has 0 bridgehead atoms. The molecule has 5 rings (SSSR count). The molecule has 31 heavy (non-hydrogen) atoms. The number of nitrogens with one attached hydrogen (secondary N) is 1. The highest BCUT2D eigenvalue weighted by Gasteiger charge is 2.20. The maximum atomic E-state index is 12.8. The summed E-state index contributed by atoms with van der Waals surface area (Å²) in [6, 6.07) is 7.51. The summed E-state index contributed by atoms with van der Waals surface area (Å²) < 4.78 is 2.00. The lowest BCUT2D eigenvalue weighted by atomic mass is 9.97. The Morgan fingerprint density at radius 1 is 1.23 bits per heavy atom. The summed E-state index contributed by atoms with van der Waals surface area (Å²) in [4.78, 5) is 22.7. The average Bonchev–Trinajstić information content (AvgIpc) is 3.34. The van der Waals surface area contributed by atoms with Crippen molar-refractivity contribution in [2.24, 2.45) is 0 Å². The van der Waals surface area contributed by atoms with E-state index >= 15 is 0 Å². The molecule has 3 heterocycles. The van der Waals surface area contributed by atoms with E-state index in [4.69, 9.17) is 16.6 Å². The van der Waals surface area contributed by atoms with E-state index < -0.39 is 0 Å². The molecule has 4 aromatic rings. The van der Waals surface area contributed by atoms with Crippen molar-refractivity contribution in [2.45, 2.75) is 43.1 Å². The number of hydrogen-bond acceptors (Lipinski definition) is 6. The first kappa shape index (κ1) is 20.5. The van der Waals surface area contributed by atoms with Crippen molar-refractivity contribution < 1.29 is 0 Å². The van der Waals surface area contributed by atoms with Gasteiger partial charge in [0.25, 0.3) is 5.56 Å². The van der Waals surface area contributed by atoms with Gasteiger partial charge >= 0.3 is 0 Å². The van der Waals surface area contributed by atoms with Crippen LogP contribution in [0.1, 0.15) is 29.1 Å². The molecule has 0 unspecified atom stereocenters. The van der Waals surface area contributed by atoms with Gasteiger partial charge < -0.3 is 4.98 Å². The third kappa shape index (κ3) is 3.95. The number of thioether (sulfide) groups is 1. The fourth-order valence-corrected chi connectivity index (χ4v) is 6.14. The van der Waals surface area contributed by atoms with Gasteiger partial charge in [0.05, 0.1) is 11.1 Å². The van der Waals surface area contributed by atoms with E-state index in [9.17, 15) is 4.79 Å². The van der Waals surface area contributed by atoms with Crippen LogP contribution in [0, 0.1) is 0 Å². The van der Waals surface area contributed by atoms with Crippen LogP contribution in [0.2, 0.25) is 5.02 Å². The van der Waals surface area contributed by atoms with E-state index in [-0.39, 0.29) is 5.56 Å². The normalized spacial score (nSPS) is 13.5. The molecule has 0 aliphatic heterocycles. The minimum Gasteiger partial charge on any atom is -0.309 e. The monoisotopic (exact) mass is 469 g/mol. The number of aromatic nitrogens is 5. The molecule has 6 nitrogen and oxygen atoms in total. The summed E-state index contributed by atoms with van der Waals surface area (Å²) in [7, 11) is 0. The molecule has 1 N–H and O–H groups in total. The average molecular weight is 470 g/mol. The summed E-state index contributed by atoms with van der Waals surface area (Å²) in [5.74, 6) is 1.91. The van der Waals surface area contributed by atoms with Gasteiger partial charge in [-0.05, 0) is 55.5 Å². The van der Waals surface area contributed by atoms with Crippen LogP contribution < -0.4 is 5.56 Å². The third-order valence-electron chi connectivity index (χ3n) is 5.34. The molecular formula is C22H20ClN5OS2. The topological polar surface area (TPSA) is 76.5 Å². The van der Waals surface area contributed by atoms with Gasteiger partial charge in [0.1, 0.15) is 10.7 Å². The van der Waals surface area contributed by atoms with Gasteiger partial charge in [-0.15, -0.1) is 28.1 Å². The largest absolute Gasteiger partial charge is 0.309 e. The molecule has 3 aromatic heterocycles. The number of thiophene rings is 1. The quantitative estimate of drug-likeness (QED) is 0.308. The Balaban J connectivity index is 1.43. The number of aryl methyl sites for hydroxylation is 2. The number of allylic oxidation sites excluding steroid dienone is 1. The fourth-order valence-electron chi connectivity index (χ4n) is 3.91. The maximum absolute atomic E-state index is 12.8. The Hall–Kier alpha value is -2.42. The van der Waals surface area contributed by atoms with E-state index in [1.807, 2.05) is 34.9 Å². The lowest BCUT2D eigenvalue weighted by Gasteiger charge is -2.09. The molecule has 0 radical (unpaired) electrons. The van der Waals surface area contributed by atoms with Crippen molar-refractivity contribution in [1.29, 1.82) is 0 Å². The number of nitrogens with zero attached hydrogens (tertiary/aromatic N) is 4. The van der Waals surface area contributed by atoms with Crippen LogP contribution in [0.3, 0.4) is 0 Å². The van der Waals surface area contributed by atoms with E-state index in [1.54, 1.807) is 11.3 Å². The molecule has 0 saturated carbocycles. The lowest BCUT2D eigenvalue weighted by molar-refractivity contribution is 0.700. The second-order valence-corrected chi connectivity index (χ2v) is 9.87. The lowest BCUT2D eigenvalue weighted by Crippen LogP contribution is -2.12. The smallest absolute Gasteiger partial charge is 0.259 e. The number of rotatable bonds is 6. The Morgan fingerprint density at radius 3 is 2.84 bits per heavy atom. The van der Waals surface area contributed by atoms with Gasteiger partial charge in [-0.25, -0.2) is 4.98 Å². The zero-order valence-corrected chi connectivity index (χ0v) is 19.1. The van der Waals surface area contributed by atoms with Crippen LogP contribution >= 0.6 is 34.7 Å². The highest BCUT2D eigenvalue weighted by atomic mass is 35.5. The SMILES string of the molecule is C=CCn1c(SCc2nc3sc4c(c3c(=O)[nH]2)CCCC4)nnc1-c1ccc(Cl)cc1. The molecule has 1 aliphatic carbocycles. The zero-order chi connectivity index (χ0) is 21.4. The molecule has 0 saturated heterocycles. The minimum absolute atomic E-state index is 0.0330. The number of H-pyrrole nitrogens is 1. The van der Waals surface area contributed by atoms with E-state index in [0.717, 1.165) is 46.0 Å². The molecule has 1 aromatic carbocycles. The summed E-state index contributed by atoms with van der Waals surface area (Å²) in [6.45, 7) is 4.43.